The van der Waals surface area contributed by atoms with Gasteiger partial charge in [0.1, 0.15) is 23.3 Å². The van der Waals surface area contributed by atoms with Gasteiger partial charge in [-0.25, -0.2) is 14.6 Å². The van der Waals surface area contributed by atoms with Gasteiger partial charge in [-0.2, -0.15) is 5.10 Å². The largest absolute Gasteiger partial charge is 0.385 e. The van der Waals surface area contributed by atoms with Gasteiger partial charge in [0.2, 0.25) is 0 Å². The Labute approximate surface area is 104 Å². The molecular formula is C11H16N4OS. The quantitative estimate of drug-likeness (QED) is 0.879. The highest BCUT2D eigenvalue weighted by molar-refractivity contribution is 7.09. The number of aromatic nitrogens is 4. The Morgan fingerprint density at radius 3 is 2.88 bits per heavy atom. The summed E-state index contributed by atoms with van der Waals surface area (Å²) in [5, 5.41) is 16.8. The maximum Gasteiger partial charge on any atom is 0.138 e. The monoisotopic (exact) mass is 252 g/mol. The highest BCUT2D eigenvalue weighted by Crippen LogP contribution is 2.19. The van der Waals surface area contributed by atoms with Gasteiger partial charge in [-0.3, -0.25) is 0 Å². The van der Waals surface area contributed by atoms with Crippen molar-refractivity contribution in [3.63, 3.8) is 0 Å². The van der Waals surface area contributed by atoms with Crippen LogP contribution in [0.5, 0.6) is 0 Å². The minimum Gasteiger partial charge on any atom is -0.385 e. The van der Waals surface area contributed by atoms with Gasteiger partial charge in [0.05, 0.1) is 0 Å². The van der Waals surface area contributed by atoms with Gasteiger partial charge in [0.25, 0.3) is 0 Å². The molecule has 2 aromatic heterocycles. The second-order valence-corrected chi connectivity index (χ2v) is 5.27. The molecule has 6 heteroatoms. The second-order valence-electron chi connectivity index (χ2n) is 4.34. The van der Waals surface area contributed by atoms with Crippen molar-refractivity contribution in [1.82, 2.24) is 19.7 Å². The third kappa shape index (κ3) is 3.10. The van der Waals surface area contributed by atoms with Crippen molar-refractivity contribution in [3.8, 4) is 0 Å². The molecule has 0 aliphatic heterocycles. The fourth-order valence-corrected chi connectivity index (χ4v) is 2.23. The summed E-state index contributed by atoms with van der Waals surface area (Å²) in [5.41, 5.74) is 0. The fraction of sp³-hybridized carbons (Fsp3) is 0.545. The topological polar surface area (TPSA) is 63.8 Å². The molecule has 0 spiro atoms. The van der Waals surface area contributed by atoms with Crippen molar-refractivity contribution < 1.29 is 5.11 Å². The number of aliphatic hydroxyl groups is 1. The third-order valence-electron chi connectivity index (χ3n) is 2.35. The Morgan fingerprint density at radius 2 is 2.24 bits per heavy atom. The maximum atomic E-state index is 10.0. The molecule has 17 heavy (non-hydrogen) atoms. The lowest BCUT2D eigenvalue weighted by atomic mass is 10.2. The summed E-state index contributed by atoms with van der Waals surface area (Å²) >= 11 is 1.45. The standard InChI is InChI=1S/C11H16N4OS/c1-8(2)6-15-10(13-7-14-15)5-9(16)11-12-3-4-17-11/h3-4,7-9,16H,5-6H2,1-2H3. The number of hydrogen-bond donors (Lipinski definition) is 1. The molecule has 0 saturated heterocycles. The first-order valence-electron chi connectivity index (χ1n) is 5.61. The van der Waals surface area contributed by atoms with E-state index in [0.717, 1.165) is 17.4 Å². The molecule has 1 unspecified atom stereocenters. The van der Waals surface area contributed by atoms with E-state index in [1.54, 1.807) is 6.20 Å². The van der Waals surface area contributed by atoms with Gasteiger partial charge in [-0.05, 0) is 5.92 Å². The smallest absolute Gasteiger partial charge is 0.138 e. The molecule has 0 amide bonds. The SMILES string of the molecule is CC(C)Cn1ncnc1CC(O)c1nccs1. The summed E-state index contributed by atoms with van der Waals surface area (Å²) in [6.45, 7) is 5.07. The average molecular weight is 252 g/mol. The summed E-state index contributed by atoms with van der Waals surface area (Å²) < 4.78 is 1.85. The molecule has 5 nitrogen and oxygen atoms in total. The Kier molecular flexibility index (Phi) is 3.86. The van der Waals surface area contributed by atoms with Gasteiger partial charge in [-0.1, -0.05) is 13.8 Å². The molecule has 92 valence electrons. The molecule has 0 saturated carbocycles. The second kappa shape index (κ2) is 5.37. The molecule has 0 radical (unpaired) electrons. The first-order valence-corrected chi connectivity index (χ1v) is 6.49. The number of hydrogen-bond acceptors (Lipinski definition) is 5. The Morgan fingerprint density at radius 1 is 1.41 bits per heavy atom. The van der Waals surface area contributed by atoms with Crippen molar-refractivity contribution >= 4 is 11.3 Å². The number of thiazole rings is 1. The zero-order valence-electron chi connectivity index (χ0n) is 9.95. The number of aliphatic hydroxyl groups excluding tert-OH is 1. The van der Waals surface area contributed by atoms with Crippen LogP contribution in [-0.2, 0) is 13.0 Å². The van der Waals surface area contributed by atoms with E-state index in [2.05, 4.69) is 28.9 Å². The van der Waals surface area contributed by atoms with Gasteiger partial charge >= 0.3 is 0 Å². The molecule has 1 N–H and O–H groups in total. The minimum atomic E-state index is -0.592. The van der Waals surface area contributed by atoms with E-state index in [9.17, 15) is 5.11 Å². The van der Waals surface area contributed by atoms with Gasteiger partial charge < -0.3 is 5.11 Å². The lowest BCUT2D eigenvalue weighted by Crippen LogP contribution is -2.13. The molecule has 2 aromatic rings. The van der Waals surface area contributed by atoms with E-state index in [0.29, 0.717) is 12.3 Å². The van der Waals surface area contributed by atoms with Crippen molar-refractivity contribution in [1.29, 1.82) is 0 Å². The van der Waals surface area contributed by atoms with Crippen LogP contribution in [0.1, 0.15) is 30.8 Å². The molecule has 0 aromatic carbocycles. The Bertz CT molecular complexity index is 452. The molecule has 0 fully saturated rings. The van der Waals surface area contributed by atoms with Crippen LogP contribution in [0.25, 0.3) is 0 Å². The van der Waals surface area contributed by atoms with E-state index in [1.165, 1.54) is 17.7 Å². The van der Waals surface area contributed by atoms with Crippen molar-refractivity contribution in [2.24, 2.45) is 5.92 Å². The zero-order valence-corrected chi connectivity index (χ0v) is 10.8. The van der Waals surface area contributed by atoms with Crippen LogP contribution >= 0.6 is 11.3 Å². The van der Waals surface area contributed by atoms with E-state index in [4.69, 9.17) is 0 Å². The predicted molar refractivity (Wildman–Crippen MR) is 65.6 cm³/mol. The molecule has 1 atom stereocenters. The Balaban J connectivity index is 2.06. The first kappa shape index (κ1) is 12.2. The van der Waals surface area contributed by atoms with Crippen molar-refractivity contribution in [2.75, 3.05) is 0 Å². The van der Waals surface area contributed by atoms with Gasteiger partial charge in [0.15, 0.2) is 0 Å². The maximum absolute atomic E-state index is 10.0. The van der Waals surface area contributed by atoms with E-state index in [-0.39, 0.29) is 0 Å². The zero-order chi connectivity index (χ0) is 12.3. The summed E-state index contributed by atoms with van der Waals surface area (Å²) in [4.78, 5) is 8.29. The van der Waals surface area contributed by atoms with Crippen LogP contribution in [0.4, 0.5) is 0 Å². The third-order valence-corrected chi connectivity index (χ3v) is 3.22. The van der Waals surface area contributed by atoms with E-state index >= 15 is 0 Å². The lowest BCUT2D eigenvalue weighted by Gasteiger charge is -2.10. The molecule has 0 aliphatic carbocycles. The number of rotatable bonds is 5. The Hall–Kier alpha value is -1.27. The van der Waals surface area contributed by atoms with Crippen LogP contribution in [0.2, 0.25) is 0 Å². The van der Waals surface area contributed by atoms with Crippen LogP contribution in [0, 0.1) is 5.92 Å². The normalized spacial score (nSPS) is 13.2. The highest BCUT2D eigenvalue weighted by atomic mass is 32.1. The minimum absolute atomic E-state index is 0.459. The summed E-state index contributed by atoms with van der Waals surface area (Å²) in [6.07, 6.45) is 3.10. The van der Waals surface area contributed by atoms with Crippen molar-refractivity contribution in [2.45, 2.75) is 32.9 Å². The first-order chi connectivity index (χ1) is 8.16. The van der Waals surface area contributed by atoms with Crippen molar-refractivity contribution in [3.05, 3.63) is 28.7 Å². The van der Waals surface area contributed by atoms with Crippen LogP contribution in [0.15, 0.2) is 17.9 Å². The predicted octanol–water partition coefficient (Wildman–Crippen LogP) is 1.67. The van der Waals surface area contributed by atoms with Crippen LogP contribution in [0.3, 0.4) is 0 Å². The van der Waals surface area contributed by atoms with Crippen LogP contribution < -0.4 is 0 Å². The number of nitrogens with zero attached hydrogens (tertiary/aromatic N) is 4. The van der Waals surface area contributed by atoms with E-state index < -0.39 is 6.10 Å². The van der Waals surface area contributed by atoms with Gasteiger partial charge in [-0.15, -0.1) is 11.3 Å². The summed E-state index contributed by atoms with van der Waals surface area (Å²) in [7, 11) is 0. The summed E-state index contributed by atoms with van der Waals surface area (Å²) in [5.74, 6) is 1.31. The highest BCUT2D eigenvalue weighted by Gasteiger charge is 2.15. The molecular weight excluding hydrogens is 236 g/mol. The van der Waals surface area contributed by atoms with Crippen LogP contribution in [-0.4, -0.2) is 24.9 Å². The lowest BCUT2D eigenvalue weighted by molar-refractivity contribution is 0.173. The molecule has 0 bridgehead atoms. The van der Waals surface area contributed by atoms with E-state index in [1.807, 2.05) is 10.1 Å². The molecule has 0 aliphatic rings. The average Bonchev–Trinajstić information content (AvgIpc) is 2.89. The molecule has 2 rings (SSSR count). The summed E-state index contributed by atoms with van der Waals surface area (Å²) in [6, 6.07) is 0. The molecule has 2 heterocycles. The van der Waals surface area contributed by atoms with Gasteiger partial charge in [0, 0.05) is 24.5 Å². The fourth-order valence-electron chi connectivity index (χ4n) is 1.60.